The molecule has 0 aromatic carbocycles. The smallest absolute Gasteiger partial charge is 0.155 e. The van der Waals surface area contributed by atoms with Crippen LogP contribution in [0.1, 0.15) is 5.82 Å². The lowest BCUT2D eigenvalue weighted by Crippen LogP contribution is -1.96. The van der Waals surface area contributed by atoms with Crippen LogP contribution in [-0.2, 0) is 11.3 Å². The van der Waals surface area contributed by atoms with Crippen LogP contribution in [0.15, 0.2) is 12.4 Å². The van der Waals surface area contributed by atoms with E-state index >= 15 is 0 Å². The van der Waals surface area contributed by atoms with Crippen LogP contribution in [0.25, 0.3) is 0 Å². The molecule has 1 rings (SSSR count). The zero-order valence-electron chi connectivity index (χ0n) is 6.57. The molecular formula is C7H10N2O2. The molecule has 4 nitrogen and oxygen atoms in total. The van der Waals surface area contributed by atoms with E-state index < -0.39 is 0 Å². The van der Waals surface area contributed by atoms with E-state index in [1.165, 1.54) is 0 Å². The molecule has 0 fully saturated rings. The lowest BCUT2D eigenvalue weighted by molar-refractivity contribution is 0.177. The molecule has 0 atom stereocenters. The molecule has 0 unspecified atom stereocenters. The van der Waals surface area contributed by atoms with E-state index in [1.54, 1.807) is 26.6 Å². The first-order chi connectivity index (χ1) is 5.36. The predicted molar refractivity (Wildman–Crippen MR) is 39.3 cm³/mol. The van der Waals surface area contributed by atoms with E-state index in [-0.39, 0.29) is 0 Å². The first-order valence-corrected chi connectivity index (χ1v) is 3.20. The SMILES string of the molecule is COCc1ncc(OC)cn1. The van der Waals surface area contributed by atoms with Gasteiger partial charge in [-0.15, -0.1) is 0 Å². The Bertz CT molecular complexity index is 210. The summed E-state index contributed by atoms with van der Waals surface area (Å²) < 4.78 is 9.72. The summed E-state index contributed by atoms with van der Waals surface area (Å²) in [5, 5.41) is 0. The number of hydrogen-bond acceptors (Lipinski definition) is 4. The van der Waals surface area contributed by atoms with Gasteiger partial charge < -0.3 is 9.47 Å². The Morgan fingerprint density at radius 1 is 1.27 bits per heavy atom. The Labute approximate surface area is 65.2 Å². The van der Waals surface area contributed by atoms with Crippen LogP contribution in [0.4, 0.5) is 0 Å². The monoisotopic (exact) mass is 154 g/mol. The highest BCUT2D eigenvalue weighted by molar-refractivity contribution is 5.11. The maximum absolute atomic E-state index is 4.88. The van der Waals surface area contributed by atoms with E-state index in [2.05, 4.69) is 9.97 Å². The molecule has 0 amide bonds. The first-order valence-electron chi connectivity index (χ1n) is 3.20. The molecule has 4 heteroatoms. The number of nitrogens with zero attached hydrogens (tertiary/aromatic N) is 2. The molecule has 11 heavy (non-hydrogen) atoms. The second-order valence-corrected chi connectivity index (χ2v) is 1.97. The lowest BCUT2D eigenvalue weighted by atomic mass is 10.5. The van der Waals surface area contributed by atoms with Gasteiger partial charge in [-0.05, 0) is 0 Å². The summed E-state index contributed by atoms with van der Waals surface area (Å²) in [5.74, 6) is 1.32. The normalized spacial score (nSPS) is 9.64. The molecule has 60 valence electrons. The first kappa shape index (κ1) is 7.94. The van der Waals surface area contributed by atoms with E-state index in [0.29, 0.717) is 18.2 Å². The van der Waals surface area contributed by atoms with Crippen LogP contribution in [-0.4, -0.2) is 24.2 Å². The highest BCUT2D eigenvalue weighted by atomic mass is 16.5. The van der Waals surface area contributed by atoms with Crippen LogP contribution >= 0.6 is 0 Å². The predicted octanol–water partition coefficient (Wildman–Crippen LogP) is 0.632. The molecule has 0 radical (unpaired) electrons. The van der Waals surface area contributed by atoms with Gasteiger partial charge in [0.2, 0.25) is 0 Å². The maximum atomic E-state index is 4.88. The Kier molecular flexibility index (Phi) is 2.80. The van der Waals surface area contributed by atoms with Crippen LogP contribution in [0, 0.1) is 0 Å². The molecule has 0 aliphatic rings. The summed E-state index contributed by atoms with van der Waals surface area (Å²) in [6.45, 7) is 0.435. The van der Waals surface area contributed by atoms with Gasteiger partial charge in [0.1, 0.15) is 6.61 Å². The molecule has 0 bridgehead atoms. The van der Waals surface area contributed by atoms with Gasteiger partial charge in [-0.1, -0.05) is 0 Å². The lowest BCUT2D eigenvalue weighted by Gasteiger charge is -1.99. The average Bonchev–Trinajstić information content (AvgIpc) is 2.07. The molecule has 0 aliphatic heterocycles. The van der Waals surface area contributed by atoms with Crippen molar-refractivity contribution in [3.05, 3.63) is 18.2 Å². The molecular weight excluding hydrogens is 144 g/mol. The van der Waals surface area contributed by atoms with Crippen molar-refractivity contribution < 1.29 is 9.47 Å². The van der Waals surface area contributed by atoms with Crippen molar-refractivity contribution in [2.24, 2.45) is 0 Å². The quantitative estimate of drug-likeness (QED) is 0.640. The Balaban J connectivity index is 2.66. The number of rotatable bonds is 3. The van der Waals surface area contributed by atoms with Crippen molar-refractivity contribution in [1.29, 1.82) is 0 Å². The minimum absolute atomic E-state index is 0.435. The molecule has 0 aliphatic carbocycles. The van der Waals surface area contributed by atoms with Crippen LogP contribution in [0.5, 0.6) is 5.75 Å². The highest BCUT2D eigenvalue weighted by Crippen LogP contribution is 2.04. The van der Waals surface area contributed by atoms with Crippen molar-refractivity contribution in [3.63, 3.8) is 0 Å². The highest BCUT2D eigenvalue weighted by Gasteiger charge is 1.94. The van der Waals surface area contributed by atoms with Crippen molar-refractivity contribution in [2.75, 3.05) is 14.2 Å². The van der Waals surface area contributed by atoms with Gasteiger partial charge in [-0.25, -0.2) is 9.97 Å². The minimum atomic E-state index is 0.435. The average molecular weight is 154 g/mol. The second kappa shape index (κ2) is 3.88. The molecule has 0 spiro atoms. The zero-order valence-corrected chi connectivity index (χ0v) is 6.57. The van der Waals surface area contributed by atoms with Crippen LogP contribution in [0.2, 0.25) is 0 Å². The third-order valence-corrected chi connectivity index (χ3v) is 1.19. The summed E-state index contributed by atoms with van der Waals surface area (Å²) in [7, 11) is 3.18. The van der Waals surface area contributed by atoms with E-state index in [4.69, 9.17) is 9.47 Å². The molecule has 1 aromatic rings. The largest absolute Gasteiger partial charge is 0.494 e. The number of methoxy groups -OCH3 is 2. The summed E-state index contributed by atoms with van der Waals surface area (Å²) in [5.41, 5.74) is 0. The third kappa shape index (κ3) is 2.16. The molecule has 1 aromatic heterocycles. The fraction of sp³-hybridized carbons (Fsp3) is 0.429. The Morgan fingerprint density at radius 2 is 1.91 bits per heavy atom. The van der Waals surface area contributed by atoms with Gasteiger partial charge in [-0.3, -0.25) is 0 Å². The standard InChI is InChI=1S/C7H10N2O2/c1-10-5-7-8-3-6(11-2)4-9-7/h3-4H,5H2,1-2H3. The fourth-order valence-corrected chi connectivity index (χ4v) is 0.652. The number of hydrogen-bond donors (Lipinski definition) is 0. The van der Waals surface area contributed by atoms with Crippen molar-refractivity contribution >= 4 is 0 Å². The summed E-state index contributed by atoms with van der Waals surface area (Å²) in [4.78, 5) is 7.96. The van der Waals surface area contributed by atoms with Crippen LogP contribution in [0.3, 0.4) is 0 Å². The second-order valence-electron chi connectivity index (χ2n) is 1.97. The van der Waals surface area contributed by atoms with Crippen molar-refractivity contribution in [3.8, 4) is 5.75 Å². The van der Waals surface area contributed by atoms with Crippen LogP contribution < -0.4 is 4.74 Å². The molecule has 0 saturated carbocycles. The Hall–Kier alpha value is -1.16. The molecule has 0 N–H and O–H groups in total. The zero-order chi connectivity index (χ0) is 8.10. The van der Waals surface area contributed by atoms with E-state index in [0.717, 1.165) is 0 Å². The van der Waals surface area contributed by atoms with Gasteiger partial charge in [0, 0.05) is 7.11 Å². The van der Waals surface area contributed by atoms with Gasteiger partial charge in [-0.2, -0.15) is 0 Å². The summed E-state index contributed by atoms with van der Waals surface area (Å²) in [6, 6.07) is 0. The summed E-state index contributed by atoms with van der Waals surface area (Å²) >= 11 is 0. The number of ether oxygens (including phenoxy) is 2. The minimum Gasteiger partial charge on any atom is -0.494 e. The molecule has 0 saturated heterocycles. The third-order valence-electron chi connectivity index (χ3n) is 1.19. The van der Waals surface area contributed by atoms with Crippen molar-refractivity contribution in [1.82, 2.24) is 9.97 Å². The van der Waals surface area contributed by atoms with Crippen molar-refractivity contribution in [2.45, 2.75) is 6.61 Å². The number of aromatic nitrogens is 2. The molecule has 1 heterocycles. The topological polar surface area (TPSA) is 44.2 Å². The van der Waals surface area contributed by atoms with E-state index in [1.807, 2.05) is 0 Å². The maximum Gasteiger partial charge on any atom is 0.155 e. The van der Waals surface area contributed by atoms with Gasteiger partial charge in [0.15, 0.2) is 11.6 Å². The summed E-state index contributed by atoms with van der Waals surface area (Å²) in [6.07, 6.45) is 3.22. The van der Waals surface area contributed by atoms with E-state index in [9.17, 15) is 0 Å². The van der Waals surface area contributed by atoms with Gasteiger partial charge in [0.25, 0.3) is 0 Å². The Morgan fingerprint density at radius 3 is 2.36 bits per heavy atom. The van der Waals surface area contributed by atoms with Gasteiger partial charge >= 0.3 is 0 Å². The van der Waals surface area contributed by atoms with Gasteiger partial charge in [0.05, 0.1) is 19.5 Å². The fourth-order valence-electron chi connectivity index (χ4n) is 0.652.